The van der Waals surface area contributed by atoms with E-state index in [1.54, 1.807) is 11.1 Å². The van der Waals surface area contributed by atoms with E-state index < -0.39 is 0 Å². The number of pyridine rings is 1. The molecule has 0 spiro atoms. The van der Waals surface area contributed by atoms with E-state index in [1.165, 1.54) is 79.5 Å². The van der Waals surface area contributed by atoms with E-state index in [9.17, 15) is 0 Å². The summed E-state index contributed by atoms with van der Waals surface area (Å²) >= 11 is 0. The summed E-state index contributed by atoms with van der Waals surface area (Å²) in [7, 11) is 11.4. The van der Waals surface area contributed by atoms with Gasteiger partial charge in [-0.25, -0.2) is 4.98 Å². The Bertz CT molecular complexity index is 1370. The van der Waals surface area contributed by atoms with Gasteiger partial charge in [0.1, 0.15) is 39.2 Å². The molecule has 6 heteroatoms. The first-order chi connectivity index (χ1) is 14.5. The van der Waals surface area contributed by atoms with Crippen LogP contribution in [0.15, 0.2) is 36.4 Å². The number of rotatable bonds is 1. The van der Waals surface area contributed by atoms with Crippen molar-refractivity contribution in [2.24, 2.45) is 0 Å². The Balaban J connectivity index is 1.81. The van der Waals surface area contributed by atoms with Gasteiger partial charge in [0, 0.05) is 10.8 Å². The van der Waals surface area contributed by atoms with Gasteiger partial charge in [-0.05, 0) is 53.2 Å². The van der Waals surface area contributed by atoms with E-state index >= 15 is 0 Å². The fourth-order valence-corrected chi connectivity index (χ4v) is 6.44. The van der Waals surface area contributed by atoms with Crippen molar-refractivity contribution in [3.05, 3.63) is 47.5 Å². The van der Waals surface area contributed by atoms with Crippen LogP contribution in [0.25, 0.3) is 32.9 Å². The summed E-state index contributed by atoms with van der Waals surface area (Å²) in [5.41, 5.74) is 14.2. The Morgan fingerprint density at radius 1 is 0.667 bits per heavy atom. The van der Waals surface area contributed by atoms with E-state index in [0.717, 1.165) is 0 Å². The Morgan fingerprint density at radius 2 is 1.30 bits per heavy atom. The number of hydrogen-bond donors (Lipinski definition) is 0. The third-order valence-corrected chi connectivity index (χ3v) is 8.45. The van der Waals surface area contributed by atoms with Crippen LogP contribution >= 0.6 is 0 Å². The lowest BCUT2D eigenvalue weighted by molar-refractivity contribution is 0.721. The predicted octanol–water partition coefficient (Wildman–Crippen LogP) is -2.29. The SMILES string of the molecule is Bc1c(B)c(B)c(-c2nc3c(ccc4ccccc43)c3c2C2CCC3C2)c(B)c1B. The first kappa shape index (κ1) is 18.4. The molecule has 2 aliphatic carbocycles. The Labute approximate surface area is 183 Å². The molecule has 6 rings (SSSR count). The van der Waals surface area contributed by atoms with Crippen molar-refractivity contribution in [1.82, 2.24) is 4.98 Å². The smallest absolute Gasteiger partial charge is 0.139 e. The molecule has 3 aromatic carbocycles. The molecule has 30 heavy (non-hydrogen) atoms. The summed E-state index contributed by atoms with van der Waals surface area (Å²) in [4.78, 5) is 5.50. The highest BCUT2D eigenvalue weighted by atomic mass is 14.7. The van der Waals surface area contributed by atoms with E-state index in [4.69, 9.17) is 4.98 Å². The molecule has 140 valence electrons. The maximum absolute atomic E-state index is 5.50. The quantitative estimate of drug-likeness (QED) is 0.268. The summed E-state index contributed by atoms with van der Waals surface area (Å²) in [5, 5.41) is 3.98. The van der Waals surface area contributed by atoms with E-state index in [2.05, 4.69) is 75.6 Å². The minimum atomic E-state index is 0.684. The molecule has 1 heterocycles. The van der Waals surface area contributed by atoms with Crippen LogP contribution in [0, 0.1) is 0 Å². The summed E-state index contributed by atoms with van der Waals surface area (Å²) in [6, 6.07) is 13.4. The summed E-state index contributed by atoms with van der Waals surface area (Å²) < 4.78 is 0. The van der Waals surface area contributed by atoms with Gasteiger partial charge in [0.2, 0.25) is 0 Å². The van der Waals surface area contributed by atoms with Gasteiger partial charge in [0.05, 0.1) is 11.2 Å². The number of hydrogen-bond acceptors (Lipinski definition) is 1. The van der Waals surface area contributed by atoms with Crippen molar-refractivity contribution in [2.75, 3.05) is 0 Å². The van der Waals surface area contributed by atoms with Crippen LogP contribution in [0.5, 0.6) is 0 Å². The number of benzene rings is 3. The van der Waals surface area contributed by atoms with Crippen LogP contribution in [0.1, 0.15) is 42.2 Å². The van der Waals surface area contributed by atoms with Crippen molar-refractivity contribution in [2.45, 2.75) is 31.1 Å². The molecule has 0 saturated heterocycles. The first-order valence-electron chi connectivity index (χ1n) is 11.4. The van der Waals surface area contributed by atoms with Crippen LogP contribution in [-0.2, 0) is 0 Å². The standard InChI is InChI=1S/C24H24B5N/c25-18-17(19(26)21(28)22(29)20(18)27)24-16-12-6-5-11(9-12)15(16)14-8-7-10-3-1-2-4-13(10)23(14)30-24/h1-4,7-8,11-12H,5-6,9,25-29H2. The fraction of sp³-hybridized carbons (Fsp3) is 0.208. The third kappa shape index (κ3) is 2.28. The molecule has 2 aliphatic rings. The molecule has 2 bridgehead atoms. The number of nitrogens with zero attached hydrogens (tertiary/aromatic N) is 1. The maximum Gasteiger partial charge on any atom is 0.139 e. The third-order valence-electron chi connectivity index (χ3n) is 8.45. The predicted molar refractivity (Wildman–Crippen MR) is 145 cm³/mol. The highest BCUT2D eigenvalue weighted by molar-refractivity contribution is 6.68. The van der Waals surface area contributed by atoms with E-state index in [-0.39, 0.29) is 0 Å². The van der Waals surface area contributed by atoms with Gasteiger partial charge < -0.3 is 0 Å². The van der Waals surface area contributed by atoms with Gasteiger partial charge in [0.25, 0.3) is 0 Å². The summed E-state index contributed by atoms with van der Waals surface area (Å²) in [6.07, 6.45) is 3.98. The number of aromatic nitrogens is 1. The highest BCUT2D eigenvalue weighted by Gasteiger charge is 2.41. The minimum Gasteiger partial charge on any atom is -0.247 e. The minimum absolute atomic E-state index is 0.684. The molecule has 2 atom stereocenters. The summed E-state index contributed by atoms with van der Waals surface area (Å²) in [6.45, 7) is 0. The zero-order valence-corrected chi connectivity index (χ0v) is 18.7. The van der Waals surface area contributed by atoms with Gasteiger partial charge in [-0.3, -0.25) is 0 Å². The molecule has 2 unspecified atom stereocenters. The normalized spacial score (nSPS) is 19.6. The van der Waals surface area contributed by atoms with Gasteiger partial charge in [-0.15, -0.1) is 16.4 Å². The molecule has 0 radical (unpaired) electrons. The largest absolute Gasteiger partial charge is 0.247 e. The van der Waals surface area contributed by atoms with Crippen LogP contribution < -0.4 is 27.3 Å². The molecule has 0 N–H and O–H groups in total. The Morgan fingerprint density at radius 3 is 2.03 bits per heavy atom. The molecule has 1 fully saturated rings. The molecule has 0 amide bonds. The van der Waals surface area contributed by atoms with Crippen molar-refractivity contribution in [3.63, 3.8) is 0 Å². The Kier molecular flexibility index (Phi) is 3.89. The molecule has 1 saturated carbocycles. The number of fused-ring (bicyclic) bond motifs is 9. The molecule has 0 aliphatic heterocycles. The molecule has 1 aromatic heterocycles. The average Bonchev–Trinajstić information content (AvgIpc) is 3.39. The summed E-state index contributed by atoms with van der Waals surface area (Å²) in [5.74, 6) is 1.40. The Hall–Kier alpha value is -2.35. The topological polar surface area (TPSA) is 12.9 Å². The maximum atomic E-state index is 5.50. The molecular formula is C24H24B5N. The lowest BCUT2D eigenvalue weighted by Crippen LogP contribution is -2.55. The van der Waals surface area contributed by atoms with Crippen molar-refractivity contribution in [3.8, 4) is 11.3 Å². The van der Waals surface area contributed by atoms with Crippen LogP contribution in [-0.4, -0.2) is 44.2 Å². The van der Waals surface area contributed by atoms with Gasteiger partial charge in [-0.1, -0.05) is 47.3 Å². The highest BCUT2D eigenvalue weighted by Crippen LogP contribution is 2.57. The lowest BCUT2D eigenvalue weighted by Gasteiger charge is -2.26. The monoisotopic (exact) mass is 381 g/mol. The zero-order valence-electron chi connectivity index (χ0n) is 18.7. The second-order valence-corrected chi connectivity index (χ2v) is 9.68. The van der Waals surface area contributed by atoms with E-state index in [0.29, 0.717) is 11.8 Å². The molecule has 1 nitrogen and oxygen atoms in total. The van der Waals surface area contributed by atoms with Gasteiger partial charge >= 0.3 is 0 Å². The van der Waals surface area contributed by atoms with Crippen LogP contribution in [0.4, 0.5) is 0 Å². The first-order valence-corrected chi connectivity index (χ1v) is 11.4. The van der Waals surface area contributed by atoms with Crippen molar-refractivity contribution >= 4 is 88.2 Å². The van der Waals surface area contributed by atoms with Crippen LogP contribution in [0.2, 0.25) is 0 Å². The second kappa shape index (κ2) is 6.33. The van der Waals surface area contributed by atoms with Crippen LogP contribution in [0.3, 0.4) is 0 Å². The van der Waals surface area contributed by atoms with Crippen molar-refractivity contribution in [1.29, 1.82) is 0 Å². The zero-order chi connectivity index (χ0) is 20.7. The van der Waals surface area contributed by atoms with E-state index in [1.807, 2.05) is 0 Å². The van der Waals surface area contributed by atoms with Gasteiger partial charge in [-0.2, -0.15) is 0 Å². The van der Waals surface area contributed by atoms with Gasteiger partial charge in [0.15, 0.2) is 0 Å². The van der Waals surface area contributed by atoms with Crippen molar-refractivity contribution < 1.29 is 0 Å². The lowest BCUT2D eigenvalue weighted by atomic mass is 9.59. The average molecular weight is 381 g/mol. The second-order valence-electron chi connectivity index (χ2n) is 9.68. The fourth-order valence-electron chi connectivity index (χ4n) is 6.44. The molecular weight excluding hydrogens is 356 g/mol. The molecule has 4 aromatic rings.